The quantitative estimate of drug-likeness (QED) is 0.338. The molecule has 180 valence electrons. The Kier molecular flexibility index (Phi) is 6.37. The Balaban J connectivity index is 1.29. The van der Waals surface area contributed by atoms with Crippen LogP contribution in [0.4, 0.5) is 5.69 Å². The highest BCUT2D eigenvalue weighted by Gasteiger charge is 2.51. The van der Waals surface area contributed by atoms with E-state index in [4.69, 9.17) is 4.99 Å². The Morgan fingerprint density at radius 1 is 1.00 bits per heavy atom. The van der Waals surface area contributed by atoms with E-state index < -0.39 is 5.97 Å². The lowest BCUT2D eigenvalue weighted by Crippen LogP contribution is -2.49. The summed E-state index contributed by atoms with van der Waals surface area (Å²) in [7, 11) is 0. The molecule has 0 amide bonds. The van der Waals surface area contributed by atoms with Crippen LogP contribution in [0.2, 0.25) is 0 Å². The first-order valence-electron chi connectivity index (χ1n) is 12.8. The molecule has 5 nitrogen and oxygen atoms in total. The zero-order valence-corrected chi connectivity index (χ0v) is 20.4. The molecule has 3 N–H and O–H groups in total. The topological polar surface area (TPSA) is 73.7 Å². The van der Waals surface area contributed by atoms with Crippen LogP contribution < -0.4 is 10.6 Å². The minimum Gasteiger partial charge on any atom is -0.478 e. The fourth-order valence-electron chi connectivity index (χ4n) is 7.29. The second kappa shape index (κ2) is 9.44. The molecule has 6 rings (SSSR count). The third kappa shape index (κ3) is 5.29. The molecule has 34 heavy (non-hydrogen) atoms. The van der Waals surface area contributed by atoms with Gasteiger partial charge in [0.15, 0.2) is 5.96 Å². The van der Waals surface area contributed by atoms with Gasteiger partial charge in [0, 0.05) is 11.7 Å². The third-order valence-corrected chi connectivity index (χ3v) is 8.22. The highest BCUT2D eigenvalue weighted by molar-refractivity contribution is 5.94. The summed E-state index contributed by atoms with van der Waals surface area (Å²) in [5.41, 5.74) is 4.04. The van der Waals surface area contributed by atoms with E-state index in [1.807, 2.05) is 0 Å². The number of aromatic carboxylic acids is 1. The van der Waals surface area contributed by atoms with Gasteiger partial charge in [-0.3, -0.25) is 0 Å². The van der Waals surface area contributed by atoms with E-state index >= 15 is 0 Å². The Labute approximate surface area is 203 Å². The number of anilines is 1. The van der Waals surface area contributed by atoms with Gasteiger partial charge >= 0.3 is 5.97 Å². The first kappa shape index (κ1) is 22.9. The van der Waals surface area contributed by atoms with Crippen molar-refractivity contribution in [2.24, 2.45) is 28.2 Å². The van der Waals surface area contributed by atoms with E-state index in [0.717, 1.165) is 29.4 Å². The molecular formula is C29H37N3O2. The number of benzene rings is 2. The van der Waals surface area contributed by atoms with Crippen molar-refractivity contribution in [3.63, 3.8) is 0 Å². The molecule has 4 saturated carbocycles. The second-order valence-corrected chi connectivity index (χ2v) is 11.3. The molecular weight excluding hydrogens is 422 g/mol. The SMILES string of the molecule is Cc1ccc(CN=C(Nc2ccc(C(=O)O)cc2)NC(C)CC23CC4CC(CC(C4)C2)C3)cc1. The molecule has 4 bridgehead atoms. The average Bonchev–Trinajstić information content (AvgIpc) is 2.77. The third-order valence-electron chi connectivity index (χ3n) is 8.22. The second-order valence-electron chi connectivity index (χ2n) is 11.3. The summed E-state index contributed by atoms with van der Waals surface area (Å²) in [5.74, 6) is 2.71. The van der Waals surface area contributed by atoms with Crippen molar-refractivity contribution < 1.29 is 9.90 Å². The van der Waals surface area contributed by atoms with Crippen LogP contribution in [0, 0.1) is 30.1 Å². The van der Waals surface area contributed by atoms with Crippen molar-refractivity contribution in [1.82, 2.24) is 5.32 Å². The molecule has 5 heteroatoms. The molecule has 0 radical (unpaired) electrons. The number of nitrogens with zero attached hydrogens (tertiary/aromatic N) is 1. The zero-order chi connectivity index (χ0) is 23.7. The molecule has 0 aromatic heterocycles. The number of nitrogens with one attached hydrogen (secondary N) is 2. The largest absolute Gasteiger partial charge is 0.478 e. The summed E-state index contributed by atoms with van der Waals surface area (Å²) < 4.78 is 0. The number of aliphatic imine (C=N–C) groups is 1. The van der Waals surface area contributed by atoms with Gasteiger partial charge in [-0.25, -0.2) is 9.79 Å². The number of carbonyl (C=O) groups is 1. The van der Waals surface area contributed by atoms with Crippen LogP contribution in [0.25, 0.3) is 0 Å². The Hall–Kier alpha value is -2.82. The maximum absolute atomic E-state index is 11.2. The lowest BCUT2D eigenvalue weighted by molar-refractivity contribution is -0.0603. The molecule has 2 aromatic carbocycles. The standard InChI is InChI=1S/C29H37N3O2/c1-19-3-5-21(6-4-19)18-30-28(32-26-9-7-25(8-10-26)27(33)34)31-20(2)14-29-15-22-11-23(16-29)13-24(12-22)17-29/h3-10,20,22-24H,11-18H2,1-2H3,(H,33,34)(H2,30,31,32). The Morgan fingerprint density at radius 2 is 1.59 bits per heavy atom. The Morgan fingerprint density at radius 3 is 2.15 bits per heavy atom. The summed E-state index contributed by atoms with van der Waals surface area (Å²) in [4.78, 5) is 16.1. The van der Waals surface area contributed by atoms with Crippen LogP contribution in [0.5, 0.6) is 0 Å². The van der Waals surface area contributed by atoms with Gasteiger partial charge in [-0.1, -0.05) is 29.8 Å². The number of carboxylic acids is 1. The highest BCUT2D eigenvalue weighted by atomic mass is 16.4. The molecule has 4 aliphatic rings. The van der Waals surface area contributed by atoms with Gasteiger partial charge in [0.25, 0.3) is 0 Å². The van der Waals surface area contributed by atoms with Crippen LogP contribution in [0.15, 0.2) is 53.5 Å². The summed E-state index contributed by atoms with van der Waals surface area (Å²) in [6.07, 6.45) is 9.83. The molecule has 0 spiro atoms. The molecule has 2 aromatic rings. The van der Waals surface area contributed by atoms with Crippen molar-refractivity contribution in [2.75, 3.05) is 5.32 Å². The number of hydrogen-bond donors (Lipinski definition) is 3. The molecule has 0 saturated heterocycles. The van der Waals surface area contributed by atoms with Crippen LogP contribution >= 0.6 is 0 Å². The van der Waals surface area contributed by atoms with Crippen molar-refractivity contribution in [2.45, 2.75) is 71.4 Å². The fraction of sp³-hybridized carbons (Fsp3) is 0.517. The molecule has 4 aliphatic carbocycles. The summed E-state index contributed by atoms with van der Waals surface area (Å²) in [5, 5.41) is 16.3. The van der Waals surface area contributed by atoms with Gasteiger partial charge < -0.3 is 15.7 Å². The van der Waals surface area contributed by atoms with Crippen molar-refractivity contribution in [3.05, 3.63) is 65.2 Å². The summed E-state index contributed by atoms with van der Waals surface area (Å²) in [6.45, 7) is 4.97. The van der Waals surface area contributed by atoms with Gasteiger partial charge in [-0.05, 0) is 112 Å². The fourth-order valence-corrected chi connectivity index (χ4v) is 7.29. The van der Waals surface area contributed by atoms with Crippen molar-refractivity contribution in [3.8, 4) is 0 Å². The number of guanidine groups is 1. The average molecular weight is 460 g/mol. The van der Waals surface area contributed by atoms with Gasteiger partial charge in [0.1, 0.15) is 0 Å². The first-order chi connectivity index (χ1) is 16.4. The highest BCUT2D eigenvalue weighted by Crippen LogP contribution is 2.61. The molecule has 4 fully saturated rings. The van der Waals surface area contributed by atoms with Gasteiger partial charge in [0.2, 0.25) is 0 Å². The van der Waals surface area contributed by atoms with Crippen LogP contribution in [-0.4, -0.2) is 23.1 Å². The predicted octanol–water partition coefficient (Wildman–Crippen LogP) is 6.25. The summed E-state index contributed by atoms with van der Waals surface area (Å²) >= 11 is 0. The number of carboxylic acid groups (broad SMARTS) is 1. The lowest BCUT2D eigenvalue weighted by atomic mass is 9.48. The van der Waals surface area contributed by atoms with Crippen LogP contribution in [0.3, 0.4) is 0 Å². The van der Waals surface area contributed by atoms with E-state index in [9.17, 15) is 9.90 Å². The number of rotatable bonds is 7. The van der Waals surface area contributed by atoms with Crippen LogP contribution in [0.1, 0.15) is 73.4 Å². The first-order valence-corrected chi connectivity index (χ1v) is 12.8. The minimum absolute atomic E-state index is 0.284. The monoisotopic (exact) mass is 459 g/mol. The maximum Gasteiger partial charge on any atom is 0.335 e. The molecule has 1 atom stereocenters. The van der Waals surface area contributed by atoms with E-state index in [1.165, 1.54) is 56.1 Å². The lowest BCUT2D eigenvalue weighted by Gasteiger charge is -2.57. The van der Waals surface area contributed by atoms with Gasteiger partial charge in [-0.2, -0.15) is 0 Å². The van der Waals surface area contributed by atoms with Gasteiger partial charge in [-0.15, -0.1) is 0 Å². The van der Waals surface area contributed by atoms with E-state index in [-0.39, 0.29) is 5.56 Å². The maximum atomic E-state index is 11.2. The molecule has 0 aliphatic heterocycles. The van der Waals surface area contributed by atoms with E-state index in [0.29, 0.717) is 18.0 Å². The normalized spacial score (nSPS) is 28.5. The molecule has 0 heterocycles. The number of aryl methyl sites for hydroxylation is 1. The number of hydrogen-bond acceptors (Lipinski definition) is 2. The Bertz CT molecular complexity index is 1010. The minimum atomic E-state index is -0.915. The van der Waals surface area contributed by atoms with Crippen LogP contribution in [-0.2, 0) is 6.54 Å². The van der Waals surface area contributed by atoms with E-state index in [1.54, 1.807) is 24.3 Å². The smallest absolute Gasteiger partial charge is 0.335 e. The molecule has 1 unspecified atom stereocenters. The van der Waals surface area contributed by atoms with Crippen molar-refractivity contribution in [1.29, 1.82) is 0 Å². The summed E-state index contributed by atoms with van der Waals surface area (Å²) in [6, 6.07) is 15.7. The predicted molar refractivity (Wildman–Crippen MR) is 137 cm³/mol. The van der Waals surface area contributed by atoms with E-state index in [2.05, 4.69) is 48.7 Å². The van der Waals surface area contributed by atoms with Gasteiger partial charge in [0.05, 0.1) is 12.1 Å². The zero-order valence-electron chi connectivity index (χ0n) is 20.4. The van der Waals surface area contributed by atoms with Crippen molar-refractivity contribution >= 4 is 17.6 Å².